The zero-order valence-corrected chi connectivity index (χ0v) is 17.3. The number of ether oxygens (including phenoxy) is 3. The second kappa shape index (κ2) is 10.2. The lowest BCUT2D eigenvalue weighted by Gasteiger charge is -2.24. The predicted octanol–water partition coefficient (Wildman–Crippen LogP) is 3.80. The number of benzene rings is 3. The fraction of sp³-hybridized carbons (Fsp3) is 0.167. The number of esters is 1. The number of carbonyl (C=O) groups is 2. The molecule has 3 rings (SSSR count). The Labute approximate surface area is 180 Å². The highest BCUT2D eigenvalue weighted by atomic mass is 16.5. The number of rotatable bonds is 8. The first-order valence-electron chi connectivity index (χ1n) is 9.54. The summed E-state index contributed by atoms with van der Waals surface area (Å²) < 4.78 is 15.7. The number of carbonyl (C=O) groups excluding carboxylic acids is 2. The summed E-state index contributed by atoms with van der Waals surface area (Å²) in [4.78, 5) is 26.7. The summed E-state index contributed by atoms with van der Waals surface area (Å²) in [6.07, 6.45) is 0. The van der Waals surface area contributed by atoms with E-state index in [2.05, 4.69) is 0 Å². The van der Waals surface area contributed by atoms with Crippen LogP contribution in [-0.2, 0) is 16.1 Å². The van der Waals surface area contributed by atoms with E-state index in [1.165, 1.54) is 24.1 Å². The lowest BCUT2D eigenvalue weighted by molar-refractivity contribution is -0.121. The first-order chi connectivity index (χ1) is 15.0. The highest BCUT2D eigenvalue weighted by Gasteiger charge is 2.20. The van der Waals surface area contributed by atoms with Crippen molar-refractivity contribution in [2.24, 2.45) is 0 Å². The van der Waals surface area contributed by atoms with Crippen LogP contribution in [0.4, 0.5) is 5.69 Å². The summed E-state index contributed by atoms with van der Waals surface area (Å²) in [5.74, 6) is 0.150. The number of hydrogen-bond acceptors (Lipinski definition) is 6. The van der Waals surface area contributed by atoms with E-state index in [9.17, 15) is 14.7 Å². The van der Waals surface area contributed by atoms with E-state index < -0.39 is 18.5 Å². The van der Waals surface area contributed by atoms with Gasteiger partial charge in [0.1, 0.15) is 17.2 Å². The molecule has 1 N–H and O–H groups in total. The number of anilines is 1. The number of phenolic OH excluding ortho intramolecular Hbond substituents is 1. The molecule has 7 nitrogen and oxygen atoms in total. The van der Waals surface area contributed by atoms with Crippen LogP contribution in [0.3, 0.4) is 0 Å². The molecule has 3 aromatic carbocycles. The molecule has 3 aromatic rings. The van der Waals surface area contributed by atoms with E-state index in [1.807, 2.05) is 0 Å². The fourth-order valence-corrected chi connectivity index (χ4v) is 2.98. The zero-order valence-electron chi connectivity index (χ0n) is 17.3. The Hall–Kier alpha value is -4.00. The van der Waals surface area contributed by atoms with Gasteiger partial charge >= 0.3 is 5.97 Å². The van der Waals surface area contributed by atoms with Gasteiger partial charge in [-0.05, 0) is 48.5 Å². The molecule has 0 atom stereocenters. The molecule has 0 aromatic heterocycles. The average molecular weight is 421 g/mol. The molecule has 0 aliphatic rings. The predicted molar refractivity (Wildman–Crippen MR) is 116 cm³/mol. The van der Waals surface area contributed by atoms with Crippen LogP contribution in [0.1, 0.15) is 15.9 Å². The molecule has 0 saturated heterocycles. The first kappa shape index (κ1) is 21.7. The SMILES string of the molecule is COc1ccc(N(Cc2ccc(O)cc2OC)C(=O)COC(=O)c2ccccc2)cc1. The van der Waals surface area contributed by atoms with Crippen LogP contribution < -0.4 is 14.4 Å². The van der Waals surface area contributed by atoms with E-state index in [-0.39, 0.29) is 12.3 Å². The second-order valence-corrected chi connectivity index (χ2v) is 6.62. The summed E-state index contributed by atoms with van der Waals surface area (Å²) in [7, 11) is 3.04. The van der Waals surface area contributed by atoms with E-state index >= 15 is 0 Å². The van der Waals surface area contributed by atoms with Crippen molar-refractivity contribution < 1.29 is 28.9 Å². The van der Waals surface area contributed by atoms with Crippen LogP contribution in [-0.4, -0.2) is 37.8 Å². The Morgan fingerprint density at radius 1 is 0.903 bits per heavy atom. The molecule has 1 amide bonds. The van der Waals surface area contributed by atoms with E-state index in [0.717, 1.165) is 0 Å². The highest BCUT2D eigenvalue weighted by molar-refractivity contribution is 5.97. The van der Waals surface area contributed by atoms with Gasteiger partial charge in [0.05, 0.1) is 26.3 Å². The number of amides is 1. The van der Waals surface area contributed by atoms with Crippen LogP contribution in [0.2, 0.25) is 0 Å². The van der Waals surface area contributed by atoms with Gasteiger partial charge in [0, 0.05) is 17.3 Å². The van der Waals surface area contributed by atoms with Gasteiger partial charge in [-0.2, -0.15) is 0 Å². The van der Waals surface area contributed by atoms with Crippen molar-refractivity contribution in [3.05, 3.63) is 83.9 Å². The second-order valence-electron chi connectivity index (χ2n) is 6.62. The van der Waals surface area contributed by atoms with E-state index in [0.29, 0.717) is 28.3 Å². The van der Waals surface area contributed by atoms with Crippen LogP contribution >= 0.6 is 0 Å². The van der Waals surface area contributed by atoms with Crippen molar-refractivity contribution >= 4 is 17.6 Å². The van der Waals surface area contributed by atoms with Crippen molar-refractivity contribution in [1.82, 2.24) is 0 Å². The van der Waals surface area contributed by atoms with Crippen molar-refractivity contribution in [2.45, 2.75) is 6.54 Å². The molecule has 0 heterocycles. The van der Waals surface area contributed by atoms with Crippen LogP contribution in [0, 0.1) is 0 Å². The Bertz CT molecular complexity index is 1030. The first-order valence-corrected chi connectivity index (χ1v) is 9.54. The molecule has 31 heavy (non-hydrogen) atoms. The Morgan fingerprint density at radius 3 is 2.26 bits per heavy atom. The number of phenols is 1. The van der Waals surface area contributed by atoms with Gasteiger partial charge in [-0.1, -0.05) is 18.2 Å². The third-order valence-corrected chi connectivity index (χ3v) is 4.62. The molecule has 0 fully saturated rings. The maximum absolute atomic E-state index is 13.0. The minimum atomic E-state index is -0.578. The molecule has 0 saturated carbocycles. The van der Waals surface area contributed by atoms with Crippen LogP contribution in [0.5, 0.6) is 17.2 Å². The molecule has 7 heteroatoms. The highest BCUT2D eigenvalue weighted by Crippen LogP contribution is 2.28. The summed E-state index contributed by atoms with van der Waals surface area (Å²) in [6.45, 7) is -0.280. The molecule has 0 spiro atoms. The minimum Gasteiger partial charge on any atom is -0.508 e. The van der Waals surface area contributed by atoms with Crippen molar-refractivity contribution in [3.8, 4) is 17.2 Å². The smallest absolute Gasteiger partial charge is 0.338 e. The number of aromatic hydroxyl groups is 1. The van der Waals surface area contributed by atoms with E-state index in [1.54, 1.807) is 67.8 Å². The largest absolute Gasteiger partial charge is 0.508 e. The fourth-order valence-electron chi connectivity index (χ4n) is 2.98. The molecular formula is C24H23NO6. The lowest BCUT2D eigenvalue weighted by atomic mass is 10.1. The van der Waals surface area contributed by atoms with Crippen molar-refractivity contribution in [2.75, 3.05) is 25.7 Å². The van der Waals surface area contributed by atoms with Gasteiger partial charge in [0.25, 0.3) is 5.91 Å². The van der Waals surface area contributed by atoms with Crippen LogP contribution in [0.25, 0.3) is 0 Å². The third kappa shape index (κ3) is 5.54. The van der Waals surface area contributed by atoms with Gasteiger partial charge in [-0.25, -0.2) is 4.79 Å². The average Bonchev–Trinajstić information content (AvgIpc) is 2.82. The van der Waals surface area contributed by atoms with Gasteiger partial charge < -0.3 is 24.2 Å². The molecule has 0 unspecified atom stereocenters. The molecule has 0 radical (unpaired) electrons. The zero-order chi connectivity index (χ0) is 22.2. The van der Waals surface area contributed by atoms with Crippen LogP contribution in [0.15, 0.2) is 72.8 Å². The number of nitrogens with zero attached hydrogens (tertiary/aromatic N) is 1. The standard InChI is InChI=1S/C24H23NO6/c1-29-21-12-9-19(10-13-21)25(15-18-8-11-20(26)14-22(18)30-2)23(27)16-31-24(28)17-6-4-3-5-7-17/h3-14,26H,15-16H2,1-2H3. The maximum Gasteiger partial charge on any atom is 0.338 e. The van der Waals surface area contributed by atoms with Gasteiger partial charge in [-0.15, -0.1) is 0 Å². The summed E-state index contributed by atoms with van der Waals surface area (Å²) in [5.41, 5.74) is 1.64. The quantitative estimate of drug-likeness (QED) is 0.557. The minimum absolute atomic E-state index is 0.0553. The molecule has 160 valence electrons. The van der Waals surface area contributed by atoms with Gasteiger partial charge in [0.15, 0.2) is 6.61 Å². The Balaban J connectivity index is 1.82. The Kier molecular flexibility index (Phi) is 7.11. The molecule has 0 aliphatic carbocycles. The van der Waals surface area contributed by atoms with Gasteiger partial charge in [0.2, 0.25) is 0 Å². The summed E-state index contributed by atoms with van der Waals surface area (Å²) in [5, 5.41) is 9.71. The molecule has 0 aliphatic heterocycles. The maximum atomic E-state index is 13.0. The number of hydrogen-bond donors (Lipinski definition) is 1. The van der Waals surface area contributed by atoms with Gasteiger partial charge in [-0.3, -0.25) is 4.79 Å². The topological polar surface area (TPSA) is 85.3 Å². The number of methoxy groups -OCH3 is 2. The molecular weight excluding hydrogens is 398 g/mol. The Morgan fingerprint density at radius 2 is 1.61 bits per heavy atom. The summed E-state index contributed by atoms with van der Waals surface area (Å²) >= 11 is 0. The summed E-state index contributed by atoms with van der Waals surface area (Å²) in [6, 6.07) is 20.1. The van der Waals surface area contributed by atoms with Crippen molar-refractivity contribution in [3.63, 3.8) is 0 Å². The third-order valence-electron chi connectivity index (χ3n) is 4.62. The molecule has 0 bridgehead atoms. The van der Waals surface area contributed by atoms with E-state index in [4.69, 9.17) is 14.2 Å². The monoisotopic (exact) mass is 421 g/mol. The normalized spacial score (nSPS) is 10.3. The van der Waals surface area contributed by atoms with Crippen molar-refractivity contribution in [1.29, 1.82) is 0 Å². The lowest BCUT2D eigenvalue weighted by Crippen LogP contribution is -2.34.